The van der Waals surface area contributed by atoms with Crippen LogP contribution in [-0.2, 0) is 20.2 Å². The molecule has 1 aromatic carbocycles. The lowest BCUT2D eigenvalue weighted by Gasteiger charge is -2.24. The first-order chi connectivity index (χ1) is 9.05. The lowest BCUT2D eigenvalue weighted by Crippen LogP contribution is -2.20. The van der Waals surface area contributed by atoms with Crippen LogP contribution in [0.5, 0.6) is 5.75 Å². The van der Waals surface area contributed by atoms with Gasteiger partial charge in [0, 0.05) is 12.7 Å². The minimum Gasteiger partial charge on any atom is -0.491 e. The molecule has 0 amide bonds. The predicted molar refractivity (Wildman–Crippen MR) is 78.5 cm³/mol. The summed E-state index contributed by atoms with van der Waals surface area (Å²) in [6.45, 7) is 8.26. The molecule has 0 spiro atoms. The Balaban J connectivity index is 3.18. The number of rotatable bonds is 5. The quantitative estimate of drug-likeness (QED) is 0.902. The first kappa shape index (κ1) is 16.9. The molecule has 0 aliphatic heterocycles. The second-order valence-corrected chi connectivity index (χ2v) is 7.37. The third kappa shape index (κ3) is 4.47. The van der Waals surface area contributed by atoms with E-state index in [4.69, 9.17) is 14.6 Å². The third-order valence-electron chi connectivity index (χ3n) is 2.96. The lowest BCUT2D eigenvalue weighted by atomic mass is 9.86. The summed E-state index contributed by atoms with van der Waals surface area (Å²) in [4.78, 5) is 0.0922. The van der Waals surface area contributed by atoms with E-state index in [1.54, 1.807) is 19.2 Å². The van der Waals surface area contributed by atoms with Crippen LogP contribution >= 0.6 is 0 Å². The van der Waals surface area contributed by atoms with Crippen molar-refractivity contribution in [1.29, 1.82) is 0 Å². The van der Waals surface area contributed by atoms with Gasteiger partial charge in [0.25, 0.3) is 0 Å². The molecule has 0 radical (unpaired) electrons. The molecule has 0 fully saturated rings. The maximum absolute atomic E-state index is 11.5. The van der Waals surface area contributed by atoms with Gasteiger partial charge in [-0.25, -0.2) is 13.6 Å². The van der Waals surface area contributed by atoms with E-state index >= 15 is 0 Å². The molecule has 2 N–H and O–H groups in total. The number of hydrogen-bond donors (Lipinski definition) is 1. The van der Waals surface area contributed by atoms with Gasteiger partial charge in [0.1, 0.15) is 12.4 Å². The number of methoxy groups -OCH3 is 1. The van der Waals surface area contributed by atoms with E-state index < -0.39 is 10.0 Å². The summed E-state index contributed by atoms with van der Waals surface area (Å²) < 4.78 is 33.8. The van der Waals surface area contributed by atoms with Gasteiger partial charge >= 0.3 is 0 Å². The first-order valence-corrected chi connectivity index (χ1v) is 7.93. The first-order valence-electron chi connectivity index (χ1n) is 6.38. The van der Waals surface area contributed by atoms with Crippen molar-refractivity contribution in [3.05, 3.63) is 23.8 Å². The molecule has 0 bridgehead atoms. The highest BCUT2D eigenvalue weighted by atomic mass is 32.2. The van der Waals surface area contributed by atoms with Crippen molar-refractivity contribution in [2.75, 3.05) is 13.7 Å². The van der Waals surface area contributed by atoms with E-state index in [9.17, 15) is 8.42 Å². The minimum absolute atomic E-state index is 0.0410. The average molecular weight is 301 g/mol. The number of ether oxygens (including phenoxy) is 2. The normalized spacial score (nSPS) is 14.1. The molecule has 1 unspecified atom stereocenters. The van der Waals surface area contributed by atoms with E-state index in [1.807, 2.05) is 27.7 Å². The van der Waals surface area contributed by atoms with Crippen molar-refractivity contribution in [1.82, 2.24) is 0 Å². The Bertz CT molecular complexity index is 561. The molecule has 0 aliphatic carbocycles. The van der Waals surface area contributed by atoms with Gasteiger partial charge in [-0.1, -0.05) is 20.8 Å². The van der Waals surface area contributed by atoms with E-state index in [1.165, 1.54) is 6.07 Å². The standard InChI is InChI=1S/C14H23NO4S/c1-10(18-5)9-19-13-7-6-11(20(15,16)17)8-12(13)14(2,3)4/h6-8,10H,9H2,1-5H3,(H2,15,16,17). The molecule has 1 aromatic rings. The largest absolute Gasteiger partial charge is 0.491 e. The van der Waals surface area contributed by atoms with E-state index in [0.717, 1.165) is 5.56 Å². The number of nitrogens with two attached hydrogens (primary N) is 1. The van der Waals surface area contributed by atoms with Crippen LogP contribution in [0.25, 0.3) is 0 Å². The Morgan fingerprint density at radius 2 is 1.90 bits per heavy atom. The Hall–Kier alpha value is -1.11. The van der Waals surface area contributed by atoms with Gasteiger partial charge < -0.3 is 9.47 Å². The molecule has 1 rings (SSSR count). The van der Waals surface area contributed by atoms with Crippen molar-refractivity contribution < 1.29 is 17.9 Å². The highest BCUT2D eigenvalue weighted by Gasteiger charge is 2.22. The third-order valence-corrected chi connectivity index (χ3v) is 3.87. The van der Waals surface area contributed by atoms with Gasteiger partial charge in [-0.15, -0.1) is 0 Å². The summed E-state index contributed by atoms with van der Waals surface area (Å²) >= 11 is 0. The average Bonchev–Trinajstić information content (AvgIpc) is 2.33. The second kappa shape index (κ2) is 6.11. The highest BCUT2D eigenvalue weighted by Crippen LogP contribution is 2.33. The smallest absolute Gasteiger partial charge is 0.238 e. The fourth-order valence-electron chi connectivity index (χ4n) is 1.67. The maximum atomic E-state index is 11.5. The van der Waals surface area contributed by atoms with Crippen molar-refractivity contribution >= 4 is 10.0 Å². The zero-order valence-electron chi connectivity index (χ0n) is 12.6. The molecule has 1 atom stereocenters. The number of benzene rings is 1. The van der Waals surface area contributed by atoms with Crippen LogP contribution in [0.2, 0.25) is 0 Å². The van der Waals surface area contributed by atoms with E-state index in [0.29, 0.717) is 12.4 Å². The van der Waals surface area contributed by atoms with Crippen LogP contribution in [-0.4, -0.2) is 28.2 Å². The van der Waals surface area contributed by atoms with E-state index in [-0.39, 0.29) is 16.4 Å². The Morgan fingerprint density at radius 1 is 1.30 bits per heavy atom. The Labute approximate surface area is 121 Å². The van der Waals surface area contributed by atoms with E-state index in [2.05, 4.69) is 0 Å². The van der Waals surface area contributed by atoms with Gasteiger partial charge in [-0.3, -0.25) is 0 Å². The van der Waals surface area contributed by atoms with Gasteiger partial charge in [0.2, 0.25) is 10.0 Å². The van der Waals surface area contributed by atoms with Crippen molar-refractivity contribution in [2.45, 2.75) is 44.1 Å². The molecule has 0 aromatic heterocycles. The Kier molecular flexibility index (Phi) is 5.18. The maximum Gasteiger partial charge on any atom is 0.238 e. The Morgan fingerprint density at radius 3 is 2.35 bits per heavy atom. The minimum atomic E-state index is -3.72. The molecule has 5 nitrogen and oxygen atoms in total. The van der Waals surface area contributed by atoms with Crippen LogP contribution in [0.3, 0.4) is 0 Å². The fourth-order valence-corrected chi connectivity index (χ4v) is 2.21. The zero-order valence-corrected chi connectivity index (χ0v) is 13.5. The van der Waals surface area contributed by atoms with Crippen molar-refractivity contribution in [2.24, 2.45) is 5.14 Å². The fraction of sp³-hybridized carbons (Fsp3) is 0.571. The molecular formula is C14H23NO4S. The van der Waals surface area contributed by atoms with Crippen LogP contribution in [0.1, 0.15) is 33.3 Å². The summed E-state index contributed by atoms with van der Waals surface area (Å²) in [6.07, 6.45) is -0.0410. The van der Waals surface area contributed by atoms with Crippen LogP contribution < -0.4 is 9.88 Å². The van der Waals surface area contributed by atoms with Crippen molar-refractivity contribution in [3.8, 4) is 5.75 Å². The molecule has 0 saturated carbocycles. The second-order valence-electron chi connectivity index (χ2n) is 5.81. The SMILES string of the molecule is COC(C)COc1ccc(S(N)(=O)=O)cc1C(C)(C)C. The molecule has 114 valence electrons. The number of hydrogen-bond acceptors (Lipinski definition) is 4. The number of primary sulfonamides is 1. The molecule has 0 saturated heterocycles. The summed E-state index contributed by atoms with van der Waals surface area (Å²) in [5.41, 5.74) is 0.541. The van der Waals surface area contributed by atoms with Crippen LogP contribution in [0.15, 0.2) is 23.1 Å². The molecule has 6 heteroatoms. The highest BCUT2D eigenvalue weighted by molar-refractivity contribution is 7.89. The summed E-state index contributed by atoms with van der Waals surface area (Å²) in [5, 5.41) is 5.17. The van der Waals surface area contributed by atoms with Crippen LogP contribution in [0, 0.1) is 0 Å². The monoisotopic (exact) mass is 301 g/mol. The topological polar surface area (TPSA) is 78.6 Å². The summed E-state index contributed by atoms with van der Waals surface area (Å²) in [6, 6.07) is 4.67. The van der Waals surface area contributed by atoms with Gasteiger partial charge in [0.15, 0.2) is 0 Å². The summed E-state index contributed by atoms with van der Waals surface area (Å²) in [7, 11) is -2.10. The zero-order chi connectivity index (χ0) is 15.6. The molecule has 0 heterocycles. The molecular weight excluding hydrogens is 278 g/mol. The number of sulfonamides is 1. The molecule has 20 heavy (non-hydrogen) atoms. The predicted octanol–water partition coefficient (Wildman–Crippen LogP) is 2.05. The van der Waals surface area contributed by atoms with Gasteiger partial charge in [-0.2, -0.15) is 0 Å². The summed E-state index contributed by atoms with van der Waals surface area (Å²) in [5.74, 6) is 0.647. The van der Waals surface area contributed by atoms with Crippen LogP contribution in [0.4, 0.5) is 0 Å². The van der Waals surface area contributed by atoms with Crippen molar-refractivity contribution in [3.63, 3.8) is 0 Å². The molecule has 0 aliphatic rings. The van der Waals surface area contributed by atoms with Gasteiger partial charge in [-0.05, 0) is 30.5 Å². The van der Waals surface area contributed by atoms with Gasteiger partial charge in [0.05, 0.1) is 11.0 Å². The lowest BCUT2D eigenvalue weighted by molar-refractivity contribution is 0.0709.